The zero-order chi connectivity index (χ0) is 14.0. The Balaban J connectivity index is 2.26. The number of aryl methyl sites for hydroxylation is 1. The van der Waals surface area contributed by atoms with Crippen LogP contribution in [-0.2, 0) is 0 Å². The molecule has 0 radical (unpaired) electrons. The second-order valence-electron chi connectivity index (χ2n) is 3.99. The van der Waals surface area contributed by atoms with Gasteiger partial charge >= 0.3 is 0 Å². The molecule has 2 N–H and O–H groups in total. The van der Waals surface area contributed by atoms with Gasteiger partial charge in [0.1, 0.15) is 17.3 Å². The van der Waals surface area contributed by atoms with Crippen molar-refractivity contribution in [2.75, 3.05) is 5.73 Å². The number of nitro benzene ring substituents is 1. The van der Waals surface area contributed by atoms with Crippen molar-refractivity contribution in [2.45, 2.75) is 6.92 Å². The maximum Gasteiger partial charge on any atom is 0.272 e. The minimum absolute atomic E-state index is 0.0175. The SMILES string of the molecule is Cc1cc(Oc2ccc(F)c(N)c2)ccc1[N+](=O)[O-]. The van der Waals surface area contributed by atoms with Gasteiger partial charge in [-0.15, -0.1) is 0 Å². The van der Waals surface area contributed by atoms with E-state index in [1.807, 2.05) is 0 Å². The standard InChI is InChI=1S/C13H11FN2O3/c1-8-6-9(3-5-13(8)16(17)18)19-10-2-4-11(14)12(15)7-10/h2-7H,15H2,1H3. The summed E-state index contributed by atoms with van der Waals surface area (Å²) in [4.78, 5) is 10.2. The molecule has 6 heteroatoms. The number of benzene rings is 2. The number of anilines is 1. The molecule has 0 saturated carbocycles. The average molecular weight is 262 g/mol. The van der Waals surface area contributed by atoms with E-state index in [1.54, 1.807) is 6.92 Å². The Hall–Kier alpha value is -2.63. The summed E-state index contributed by atoms with van der Waals surface area (Å²) in [6.07, 6.45) is 0. The molecule has 2 aromatic rings. The normalized spacial score (nSPS) is 10.2. The van der Waals surface area contributed by atoms with Crippen LogP contribution in [-0.4, -0.2) is 4.92 Å². The van der Waals surface area contributed by atoms with Gasteiger partial charge in [-0.05, 0) is 31.2 Å². The predicted octanol–water partition coefficient (Wildman–Crippen LogP) is 3.42. The number of nitro groups is 1. The molecular weight excluding hydrogens is 251 g/mol. The second-order valence-corrected chi connectivity index (χ2v) is 3.99. The molecule has 0 aromatic heterocycles. The number of nitrogens with two attached hydrogens (primary N) is 1. The van der Waals surface area contributed by atoms with Crippen LogP contribution in [0, 0.1) is 22.9 Å². The Kier molecular flexibility index (Phi) is 3.33. The molecule has 2 aromatic carbocycles. The van der Waals surface area contributed by atoms with Crippen molar-refractivity contribution in [1.82, 2.24) is 0 Å². The Morgan fingerprint density at radius 1 is 1.21 bits per heavy atom. The van der Waals surface area contributed by atoms with E-state index in [1.165, 1.54) is 36.4 Å². The summed E-state index contributed by atoms with van der Waals surface area (Å²) in [5, 5.41) is 10.7. The second kappa shape index (κ2) is 4.93. The Bertz CT molecular complexity index is 644. The third-order valence-corrected chi connectivity index (χ3v) is 2.57. The number of rotatable bonds is 3. The molecule has 0 spiro atoms. The van der Waals surface area contributed by atoms with Gasteiger partial charge in [-0.1, -0.05) is 0 Å². The fourth-order valence-corrected chi connectivity index (χ4v) is 1.62. The number of hydrogen-bond donors (Lipinski definition) is 1. The van der Waals surface area contributed by atoms with Crippen molar-refractivity contribution in [3.8, 4) is 11.5 Å². The van der Waals surface area contributed by atoms with E-state index in [0.717, 1.165) is 0 Å². The molecule has 0 heterocycles. The van der Waals surface area contributed by atoms with Gasteiger partial charge in [0.15, 0.2) is 0 Å². The molecule has 2 rings (SSSR count). The van der Waals surface area contributed by atoms with Gasteiger partial charge in [-0.2, -0.15) is 0 Å². The summed E-state index contributed by atoms with van der Waals surface area (Å²) < 4.78 is 18.4. The highest BCUT2D eigenvalue weighted by molar-refractivity contribution is 5.49. The first kappa shape index (κ1) is 12.8. The number of ether oxygens (including phenoxy) is 1. The van der Waals surface area contributed by atoms with Crippen LogP contribution in [0.3, 0.4) is 0 Å². The molecule has 5 nitrogen and oxygen atoms in total. The fraction of sp³-hybridized carbons (Fsp3) is 0.0769. The summed E-state index contributed by atoms with van der Waals surface area (Å²) in [6.45, 7) is 1.62. The van der Waals surface area contributed by atoms with Gasteiger partial charge in [-0.3, -0.25) is 10.1 Å². The highest BCUT2D eigenvalue weighted by atomic mass is 19.1. The molecule has 0 aliphatic rings. The predicted molar refractivity (Wildman–Crippen MR) is 68.7 cm³/mol. The maximum absolute atomic E-state index is 13.0. The molecule has 0 aliphatic carbocycles. The van der Waals surface area contributed by atoms with E-state index >= 15 is 0 Å². The van der Waals surface area contributed by atoms with Crippen LogP contribution in [0.1, 0.15) is 5.56 Å². The first-order chi connectivity index (χ1) is 8.97. The summed E-state index contributed by atoms with van der Waals surface area (Å²) in [7, 11) is 0. The van der Waals surface area contributed by atoms with Crippen LogP contribution in [0.5, 0.6) is 11.5 Å². The van der Waals surface area contributed by atoms with Crippen LogP contribution in [0.2, 0.25) is 0 Å². The smallest absolute Gasteiger partial charge is 0.272 e. The minimum atomic E-state index is -0.521. The van der Waals surface area contributed by atoms with Gasteiger partial charge < -0.3 is 10.5 Å². The molecule has 0 bridgehead atoms. The van der Waals surface area contributed by atoms with Crippen LogP contribution < -0.4 is 10.5 Å². The molecule has 0 saturated heterocycles. The van der Waals surface area contributed by atoms with E-state index in [-0.39, 0.29) is 11.4 Å². The van der Waals surface area contributed by atoms with Gasteiger partial charge in [0.05, 0.1) is 10.6 Å². The Morgan fingerprint density at radius 2 is 1.84 bits per heavy atom. The van der Waals surface area contributed by atoms with E-state index in [0.29, 0.717) is 17.1 Å². The van der Waals surface area contributed by atoms with Crippen molar-refractivity contribution in [3.05, 3.63) is 57.9 Å². The monoisotopic (exact) mass is 262 g/mol. The Labute approximate surface area is 108 Å². The molecule has 98 valence electrons. The minimum Gasteiger partial charge on any atom is -0.457 e. The van der Waals surface area contributed by atoms with Crippen molar-refractivity contribution in [2.24, 2.45) is 0 Å². The van der Waals surface area contributed by atoms with E-state index in [9.17, 15) is 14.5 Å². The molecular formula is C13H11FN2O3. The van der Waals surface area contributed by atoms with Gasteiger partial charge in [0, 0.05) is 17.7 Å². The molecule has 0 aliphatic heterocycles. The largest absolute Gasteiger partial charge is 0.457 e. The van der Waals surface area contributed by atoms with E-state index in [4.69, 9.17) is 10.5 Å². The summed E-state index contributed by atoms with van der Waals surface area (Å²) in [5.74, 6) is 0.272. The summed E-state index contributed by atoms with van der Waals surface area (Å²) >= 11 is 0. The number of nitrogen functional groups attached to an aromatic ring is 1. The maximum atomic E-state index is 13.0. The molecule has 0 unspecified atom stereocenters. The lowest BCUT2D eigenvalue weighted by Crippen LogP contribution is -1.94. The van der Waals surface area contributed by atoms with E-state index < -0.39 is 10.7 Å². The third-order valence-electron chi connectivity index (χ3n) is 2.57. The van der Waals surface area contributed by atoms with Gasteiger partial charge in [-0.25, -0.2) is 4.39 Å². The molecule has 0 atom stereocenters. The summed E-state index contributed by atoms with van der Waals surface area (Å²) in [6, 6.07) is 8.36. The average Bonchev–Trinajstić information content (AvgIpc) is 2.33. The third kappa shape index (κ3) is 2.79. The zero-order valence-corrected chi connectivity index (χ0v) is 10.1. The lowest BCUT2D eigenvalue weighted by atomic mass is 10.2. The van der Waals surface area contributed by atoms with Crippen molar-refractivity contribution in [3.63, 3.8) is 0 Å². The van der Waals surface area contributed by atoms with Crippen LogP contribution >= 0.6 is 0 Å². The molecule has 0 fully saturated rings. The van der Waals surface area contributed by atoms with Crippen molar-refractivity contribution >= 4 is 11.4 Å². The van der Waals surface area contributed by atoms with Crippen molar-refractivity contribution < 1.29 is 14.1 Å². The first-order valence-corrected chi connectivity index (χ1v) is 5.45. The van der Waals surface area contributed by atoms with Crippen molar-refractivity contribution in [1.29, 1.82) is 0 Å². The van der Waals surface area contributed by atoms with Gasteiger partial charge in [0.2, 0.25) is 0 Å². The van der Waals surface area contributed by atoms with E-state index in [2.05, 4.69) is 0 Å². The fourth-order valence-electron chi connectivity index (χ4n) is 1.62. The lowest BCUT2D eigenvalue weighted by molar-refractivity contribution is -0.385. The molecule has 0 amide bonds. The van der Waals surface area contributed by atoms with Gasteiger partial charge in [0.25, 0.3) is 5.69 Å². The molecule has 19 heavy (non-hydrogen) atoms. The Morgan fingerprint density at radius 3 is 2.42 bits per heavy atom. The zero-order valence-electron chi connectivity index (χ0n) is 10.1. The number of nitrogens with zero attached hydrogens (tertiary/aromatic N) is 1. The number of hydrogen-bond acceptors (Lipinski definition) is 4. The topological polar surface area (TPSA) is 78.4 Å². The highest BCUT2D eigenvalue weighted by Crippen LogP contribution is 2.28. The summed E-state index contributed by atoms with van der Waals surface area (Å²) in [5.41, 5.74) is 5.91. The van der Waals surface area contributed by atoms with Crippen LogP contribution in [0.25, 0.3) is 0 Å². The number of halogens is 1. The lowest BCUT2D eigenvalue weighted by Gasteiger charge is -2.07. The van der Waals surface area contributed by atoms with Crippen LogP contribution in [0.15, 0.2) is 36.4 Å². The quantitative estimate of drug-likeness (QED) is 0.522. The first-order valence-electron chi connectivity index (χ1n) is 5.45. The van der Waals surface area contributed by atoms with Crippen LogP contribution in [0.4, 0.5) is 15.8 Å². The highest BCUT2D eigenvalue weighted by Gasteiger charge is 2.11.